The summed E-state index contributed by atoms with van der Waals surface area (Å²) < 4.78 is 25.0. The lowest BCUT2D eigenvalue weighted by Crippen LogP contribution is -2.13. The number of nitrogens with zero attached hydrogens (tertiary/aromatic N) is 2. The molecular weight excluding hydrogens is 375 g/mol. The maximum absolute atomic E-state index is 13.6. The van der Waals surface area contributed by atoms with E-state index in [2.05, 4.69) is 4.98 Å². The van der Waals surface area contributed by atoms with Crippen molar-refractivity contribution in [3.05, 3.63) is 70.9 Å². The van der Waals surface area contributed by atoms with E-state index >= 15 is 0 Å². The monoisotopic (exact) mass is 388 g/mol. The van der Waals surface area contributed by atoms with Gasteiger partial charge in [-0.3, -0.25) is 9.20 Å². The quantitative estimate of drug-likeness (QED) is 0.367. The highest BCUT2D eigenvalue weighted by Gasteiger charge is 2.12. The van der Waals surface area contributed by atoms with E-state index in [1.54, 1.807) is 22.7 Å². The van der Waals surface area contributed by atoms with Crippen molar-refractivity contribution in [2.75, 3.05) is 13.7 Å². The Kier molecular flexibility index (Phi) is 5.52. The molecule has 3 rings (SSSR count). The molecule has 138 valence electrons. The van der Waals surface area contributed by atoms with Gasteiger partial charge in [-0.15, -0.1) is 0 Å². The smallest absolute Gasteiger partial charge is 0.331 e. The molecule has 0 atom stereocenters. The van der Waals surface area contributed by atoms with Crippen LogP contribution >= 0.6 is 11.6 Å². The van der Waals surface area contributed by atoms with Gasteiger partial charge < -0.3 is 9.47 Å². The maximum Gasteiger partial charge on any atom is 0.331 e. The van der Waals surface area contributed by atoms with Crippen LogP contribution < -0.4 is 4.74 Å². The fourth-order valence-electron chi connectivity index (χ4n) is 2.39. The molecule has 2 heterocycles. The highest BCUT2D eigenvalue weighted by Crippen LogP contribution is 2.19. The molecule has 8 heteroatoms. The fourth-order valence-corrected chi connectivity index (χ4v) is 2.63. The van der Waals surface area contributed by atoms with Gasteiger partial charge in [-0.05, 0) is 36.4 Å². The van der Waals surface area contributed by atoms with E-state index in [1.165, 1.54) is 25.3 Å². The maximum atomic E-state index is 13.6. The second kappa shape index (κ2) is 8.01. The predicted octanol–water partition coefficient (Wildman–Crippen LogP) is 3.57. The Labute approximate surface area is 158 Å². The first-order valence-corrected chi connectivity index (χ1v) is 8.21. The summed E-state index contributed by atoms with van der Waals surface area (Å²) in [6, 6.07) is 9.14. The van der Waals surface area contributed by atoms with Crippen molar-refractivity contribution in [1.29, 1.82) is 0 Å². The van der Waals surface area contributed by atoms with Crippen LogP contribution in [0.5, 0.6) is 5.75 Å². The summed E-state index contributed by atoms with van der Waals surface area (Å²) in [6.45, 7) is -0.518. The number of ketones is 1. The number of carbonyl (C=O) groups is 2. The van der Waals surface area contributed by atoms with Crippen LogP contribution in [0.1, 0.15) is 16.1 Å². The van der Waals surface area contributed by atoms with Crippen LogP contribution in [0.25, 0.3) is 11.7 Å². The largest absolute Gasteiger partial charge is 0.494 e. The van der Waals surface area contributed by atoms with E-state index < -0.39 is 24.2 Å². The van der Waals surface area contributed by atoms with Gasteiger partial charge >= 0.3 is 5.97 Å². The lowest BCUT2D eigenvalue weighted by Gasteiger charge is -2.05. The number of rotatable bonds is 6. The van der Waals surface area contributed by atoms with Crippen LogP contribution in [0.3, 0.4) is 0 Å². The number of Topliss-reactive ketones (excluding diaryl/α,β-unsaturated/α-hetero) is 1. The zero-order valence-electron chi connectivity index (χ0n) is 14.2. The third-order valence-electron chi connectivity index (χ3n) is 3.72. The Bertz CT molecular complexity index is 1050. The van der Waals surface area contributed by atoms with E-state index in [1.807, 2.05) is 6.07 Å². The minimum Gasteiger partial charge on any atom is -0.494 e. The molecule has 0 spiro atoms. The van der Waals surface area contributed by atoms with Gasteiger partial charge in [0, 0.05) is 17.8 Å². The van der Waals surface area contributed by atoms with Crippen LogP contribution in [0.2, 0.25) is 5.15 Å². The van der Waals surface area contributed by atoms with Crippen LogP contribution in [-0.4, -0.2) is 34.9 Å². The first-order valence-electron chi connectivity index (χ1n) is 7.83. The van der Waals surface area contributed by atoms with Gasteiger partial charge in [0.15, 0.2) is 29.1 Å². The molecule has 0 saturated heterocycles. The predicted molar refractivity (Wildman–Crippen MR) is 97.5 cm³/mol. The second-order valence-corrected chi connectivity index (χ2v) is 5.79. The number of halogens is 2. The minimum atomic E-state index is -0.737. The summed E-state index contributed by atoms with van der Waals surface area (Å²) in [7, 11) is 1.32. The Balaban J connectivity index is 1.64. The van der Waals surface area contributed by atoms with Gasteiger partial charge in [-0.25, -0.2) is 14.2 Å². The molecule has 0 aliphatic rings. The molecule has 0 bridgehead atoms. The zero-order valence-corrected chi connectivity index (χ0v) is 14.9. The average Bonchev–Trinajstić information content (AvgIpc) is 2.99. The topological polar surface area (TPSA) is 69.9 Å². The Morgan fingerprint density at radius 1 is 1.30 bits per heavy atom. The lowest BCUT2D eigenvalue weighted by molar-refractivity contribution is -0.136. The summed E-state index contributed by atoms with van der Waals surface area (Å²) in [5.74, 6) is -1.92. The van der Waals surface area contributed by atoms with Gasteiger partial charge in [0.25, 0.3) is 0 Å². The Morgan fingerprint density at radius 3 is 2.85 bits per heavy atom. The number of hydrogen-bond acceptors (Lipinski definition) is 5. The van der Waals surface area contributed by atoms with E-state index in [4.69, 9.17) is 21.1 Å². The molecular formula is C19H14ClFN2O4. The second-order valence-electron chi connectivity index (χ2n) is 5.43. The molecule has 0 aliphatic carbocycles. The van der Waals surface area contributed by atoms with E-state index in [0.717, 1.165) is 12.1 Å². The van der Waals surface area contributed by atoms with E-state index in [9.17, 15) is 14.0 Å². The molecule has 27 heavy (non-hydrogen) atoms. The zero-order chi connectivity index (χ0) is 19.4. The van der Waals surface area contributed by atoms with Crippen molar-refractivity contribution >= 4 is 35.1 Å². The summed E-state index contributed by atoms with van der Waals surface area (Å²) in [5.41, 5.74) is 1.22. The van der Waals surface area contributed by atoms with E-state index in [0.29, 0.717) is 11.3 Å². The number of ether oxygens (including phenoxy) is 2. The van der Waals surface area contributed by atoms with Crippen molar-refractivity contribution in [3.8, 4) is 5.75 Å². The third-order valence-corrected chi connectivity index (χ3v) is 4.00. The van der Waals surface area contributed by atoms with Gasteiger partial charge in [-0.1, -0.05) is 17.7 Å². The molecule has 0 saturated carbocycles. The lowest BCUT2D eigenvalue weighted by atomic mass is 10.1. The number of fused-ring (bicyclic) bond motifs is 1. The number of aromatic nitrogens is 2. The van der Waals surface area contributed by atoms with Crippen LogP contribution in [-0.2, 0) is 9.53 Å². The number of imidazole rings is 1. The molecule has 1 aromatic carbocycles. The van der Waals surface area contributed by atoms with Crippen molar-refractivity contribution in [3.63, 3.8) is 0 Å². The molecule has 0 amide bonds. The Morgan fingerprint density at radius 2 is 2.11 bits per heavy atom. The molecule has 2 aromatic heterocycles. The molecule has 0 N–H and O–H groups in total. The van der Waals surface area contributed by atoms with Gasteiger partial charge in [0.1, 0.15) is 5.65 Å². The molecule has 6 nitrogen and oxygen atoms in total. The van der Waals surface area contributed by atoms with Gasteiger partial charge in [0.05, 0.1) is 12.8 Å². The first kappa shape index (κ1) is 18.6. The molecule has 3 aromatic rings. The number of pyridine rings is 1. The number of carbonyl (C=O) groups excluding carboxylic acids is 2. The summed E-state index contributed by atoms with van der Waals surface area (Å²) in [5, 5.41) is 0.232. The SMILES string of the molecule is COc1ccc(C(=O)COC(=O)/C=C/c2c(Cl)nc3ccccn23)cc1F. The third kappa shape index (κ3) is 4.15. The normalized spacial score (nSPS) is 11.1. The van der Waals surface area contributed by atoms with Crippen LogP contribution in [0, 0.1) is 5.82 Å². The summed E-state index contributed by atoms with van der Waals surface area (Å²) in [6.07, 6.45) is 4.34. The van der Waals surface area contributed by atoms with Crippen molar-refractivity contribution in [2.24, 2.45) is 0 Å². The highest BCUT2D eigenvalue weighted by molar-refractivity contribution is 6.31. The van der Waals surface area contributed by atoms with Crippen molar-refractivity contribution in [2.45, 2.75) is 0 Å². The summed E-state index contributed by atoms with van der Waals surface area (Å²) in [4.78, 5) is 28.0. The van der Waals surface area contributed by atoms with Crippen LogP contribution in [0.4, 0.5) is 4.39 Å². The number of benzene rings is 1. The number of methoxy groups -OCH3 is 1. The van der Waals surface area contributed by atoms with Crippen LogP contribution in [0.15, 0.2) is 48.7 Å². The standard InChI is InChI=1S/C19H14ClFN2O4/c1-26-16-7-5-12(10-13(16)21)15(24)11-27-18(25)8-6-14-19(20)22-17-4-2-3-9-23(14)17/h2-10H,11H2,1H3/b8-6+. The minimum absolute atomic E-state index is 0.0244. The Hall–Kier alpha value is -3.19. The fraction of sp³-hybridized carbons (Fsp3) is 0.105. The number of hydrogen-bond donors (Lipinski definition) is 0. The molecule has 0 radical (unpaired) electrons. The molecule has 0 fully saturated rings. The van der Waals surface area contributed by atoms with Crippen molar-refractivity contribution in [1.82, 2.24) is 9.38 Å². The summed E-state index contributed by atoms with van der Waals surface area (Å²) >= 11 is 6.06. The number of esters is 1. The molecule has 0 aliphatic heterocycles. The average molecular weight is 389 g/mol. The van der Waals surface area contributed by atoms with Crippen molar-refractivity contribution < 1.29 is 23.5 Å². The molecule has 0 unspecified atom stereocenters. The van der Waals surface area contributed by atoms with E-state index in [-0.39, 0.29) is 16.5 Å². The van der Waals surface area contributed by atoms with Gasteiger partial charge in [0.2, 0.25) is 0 Å². The first-order chi connectivity index (χ1) is 13.0. The van der Waals surface area contributed by atoms with Gasteiger partial charge in [-0.2, -0.15) is 0 Å². The highest BCUT2D eigenvalue weighted by atomic mass is 35.5.